The third-order valence-electron chi connectivity index (χ3n) is 6.41. The fraction of sp³-hybridized carbons (Fsp3) is 0.583. The lowest BCUT2D eigenvalue weighted by Crippen LogP contribution is -2.47. The van der Waals surface area contributed by atoms with E-state index in [9.17, 15) is 4.79 Å². The van der Waals surface area contributed by atoms with Gasteiger partial charge in [-0.05, 0) is 57.9 Å². The molecule has 1 aromatic carbocycles. The maximum atomic E-state index is 12.5. The number of aromatic nitrogens is 1. The topological polar surface area (TPSA) is 64.9 Å². The monoisotopic (exact) mass is 425 g/mol. The van der Waals surface area contributed by atoms with E-state index in [4.69, 9.17) is 4.52 Å². The number of amides is 1. The summed E-state index contributed by atoms with van der Waals surface area (Å²) in [5.41, 5.74) is 4.09. The van der Waals surface area contributed by atoms with E-state index in [-0.39, 0.29) is 5.91 Å². The standard InChI is InChI=1S/C24H35N5O2/c1-18-23(19(2)31-26-18)17-27(3)10-9-24(30)25-21-5-4-6-22(15-21)29-13-11-28(12-14-29)16-20-7-8-20/h4-6,15,20H,7-14,16-17H2,1-3H3,(H,25,30). The van der Waals surface area contributed by atoms with Gasteiger partial charge in [0, 0.05) is 69.2 Å². The molecule has 1 N–H and O–H groups in total. The highest BCUT2D eigenvalue weighted by Gasteiger charge is 2.26. The normalized spacial score (nSPS) is 17.4. The predicted molar refractivity (Wildman–Crippen MR) is 123 cm³/mol. The number of nitrogens with zero attached hydrogens (tertiary/aromatic N) is 4. The van der Waals surface area contributed by atoms with Gasteiger partial charge in [0.2, 0.25) is 5.91 Å². The van der Waals surface area contributed by atoms with Crippen LogP contribution in [0.2, 0.25) is 0 Å². The molecule has 0 bridgehead atoms. The molecule has 31 heavy (non-hydrogen) atoms. The van der Waals surface area contributed by atoms with Crippen molar-refractivity contribution >= 4 is 17.3 Å². The van der Waals surface area contributed by atoms with E-state index in [2.05, 4.69) is 37.3 Å². The third-order valence-corrected chi connectivity index (χ3v) is 6.41. The summed E-state index contributed by atoms with van der Waals surface area (Å²) in [6.45, 7) is 10.9. The molecule has 168 valence electrons. The molecular formula is C24H35N5O2. The number of aryl methyl sites for hydroxylation is 2. The Morgan fingerprint density at radius 1 is 1.23 bits per heavy atom. The molecule has 1 aromatic heterocycles. The van der Waals surface area contributed by atoms with Crippen LogP contribution in [-0.4, -0.2) is 67.2 Å². The van der Waals surface area contributed by atoms with E-state index in [0.29, 0.717) is 13.0 Å². The zero-order chi connectivity index (χ0) is 21.8. The van der Waals surface area contributed by atoms with Crippen molar-refractivity contribution in [3.05, 3.63) is 41.3 Å². The predicted octanol–water partition coefficient (Wildman–Crippen LogP) is 3.28. The molecule has 0 atom stereocenters. The lowest BCUT2D eigenvalue weighted by atomic mass is 10.2. The van der Waals surface area contributed by atoms with Crippen LogP contribution in [0.1, 0.15) is 36.3 Å². The van der Waals surface area contributed by atoms with Crippen molar-refractivity contribution in [1.29, 1.82) is 0 Å². The third kappa shape index (κ3) is 6.08. The van der Waals surface area contributed by atoms with Crippen molar-refractivity contribution in [1.82, 2.24) is 15.0 Å². The molecule has 1 saturated heterocycles. The second kappa shape index (κ2) is 9.83. The number of benzene rings is 1. The minimum absolute atomic E-state index is 0.0389. The molecule has 0 radical (unpaired) electrons. The average molecular weight is 426 g/mol. The number of carbonyl (C=O) groups excluding carboxylic acids is 1. The highest BCUT2D eigenvalue weighted by molar-refractivity contribution is 5.91. The molecule has 1 aliphatic carbocycles. The Labute approximate surface area is 185 Å². The van der Waals surface area contributed by atoms with Gasteiger partial charge < -0.3 is 19.6 Å². The van der Waals surface area contributed by atoms with Crippen molar-refractivity contribution in [3.8, 4) is 0 Å². The second-order valence-corrected chi connectivity index (χ2v) is 9.12. The van der Waals surface area contributed by atoms with Gasteiger partial charge in [0.25, 0.3) is 0 Å². The first-order valence-electron chi connectivity index (χ1n) is 11.5. The molecule has 2 heterocycles. The van der Waals surface area contributed by atoms with Crippen molar-refractivity contribution < 1.29 is 9.32 Å². The maximum absolute atomic E-state index is 12.5. The van der Waals surface area contributed by atoms with E-state index in [1.807, 2.05) is 33.0 Å². The van der Waals surface area contributed by atoms with Gasteiger partial charge in [-0.2, -0.15) is 0 Å². The smallest absolute Gasteiger partial charge is 0.225 e. The number of anilines is 2. The summed E-state index contributed by atoms with van der Waals surface area (Å²) in [5.74, 6) is 1.84. The van der Waals surface area contributed by atoms with E-state index in [0.717, 1.165) is 61.3 Å². The van der Waals surface area contributed by atoms with Gasteiger partial charge in [-0.25, -0.2) is 0 Å². The summed E-state index contributed by atoms with van der Waals surface area (Å²) in [7, 11) is 2.02. The van der Waals surface area contributed by atoms with Crippen LogP contribution in [0.5, 0.6) is 0 Å². The largest absolute Gasteiger partial charge is 0.369 e. The van der Waals surface area contributed by atoms with Crippen LogP contribution in [0.25, 0.3) is 0 Å². The molecule has 2 fully saturated rings. The minimum Gasteiger partial charge on any atom is -0.369 e. The van der Waals surface area contributed by atoms with Gasteiger partial charge in [0.15, 0.2) is 0 Å². The summed E-state index contributed by atoms with van der Waals surface area (Å²) < 4.78 is 5.22. The van der Waals surface area contributed by atoms with Gasteiger partial charge >= 0.3 is 0 Å². The molecule has 2 aliphatic rings. The first-order valence-corrected chi connectivity index (χ1v) is 11.5. The van der Waals surface area contributed by atoms with Crippen LogP contribution >= 0.6 is 0 Å². The first kappa shape index (κ1) is 21.8. The first-order chi connectivity index (χ1) is 15.0. The molecule has 7 heteroatoms. The number of hydrogen-bond acceptors (Lipinski definition) is 6. The maximum Gasteiger partial charge on any atom is 0.225 e. The highest BCUT2D eigenvalue weighted by atomic mass is 16.5. The summed E-state index contributed by atoms with van der Waals surface area (Å²) in [5, 5.41) is 7.07. The van der Waals surface area contributed by atoms with E-state index < -0.39 is 0 Å². The molecule has 0 unspecified atom stereocenters. The lowest BCUT2D eigenvalue weighted by molar-refractivity contribution is -0.116. The van der Waals surface area contributed by atoms with Crippen LogP contribution in [0.4, 0.5) is 11.4 Å². The molecule has 2 aromatic rings. The molecule has 1 aliphatic heterocycles. The fourth-order valence-corrected chi connectivity index (χ4v) is 4.23. The Morgan fingerprint density at radius 3 is 2.68 bits per heavy atom. The number of piperazine rings is 1. The zero-order valence-electron chi connectivity index (χ0n) is 19.1. The minimum atomic E-state index is 0.0389. The van der Waals surface area contributed by atoms with Gasteiger partial charge in [0.05, 0.1) is 5.69 Å². The van der Waals surface area contributed by atoms with Crippen LogP contribution in [-0.2, 0) is 11.3 Å². The summed E-state index contributed by atoms with van der Waals surface area (Å²) in [4.78, 5) is 19.7. The fourth-order valence-electron chi connectivity index (χ4n) is 4.23. The van der Waals surface area contributed by atoms with Crippen LogP contribution < -0.4 is 10.2 Å². The molecule has 1 saturated carbocycles. The summed E-state index contributed by atoms with van der Waals surface area (Å²) in [6, 6.07) is 8.25. The number of nitrogens with one attached hydrogen (secondary N) is 1. The van der Waals surface area contributed by atoms with Crippen molar-refractivity contribution in [3.63, 3.8) is 0 Å². The zero-order valence-corrected chi connectivity index (χ0v) is 19.1. The molecule has 7 nitrogen and oxygen atoms in total. The SMILES string of the molecule is Cc1noc(C)c1CN(C)CCC(=O)Nc1cccc(N2CCN(CC3CC3)CC2)c1. The molecule has 1 amide bonds. The van der Waals surface area contributed by atoms with Crippen molar-refractivity contribution in [2.75, 3.05) is 56.5 Å². The van der Waals surface area contributed by atoms with E-state index in [1.54, 1.807) is 0 Å². The molecular weight excluding hydrogens is 390 g/mol. The van der Waals surface area contributed by atoms with Gasteiger partial charge in [0.1, 0.15) is 5.76 Å². The Morgan fingerprint density at radius 2 is 2.00 bits per heavy atom. The second-order valence-electron chi connectivity index (χ2n) is 9.12. The summed E-state index contributed by atoms with van der Waals surface area (Å²) >= 11 is 0. The van der Waals surface area contributed by atoms with Gasteiger partial charge in [-0.15, -0.1) is 0 Å². The Bertz CT molecular complexity index is 864. The quantitative estimate of drug-likeness (QED) is 0.665. The number of hydrogen-bond donors (Lipinski definition) is 1. The number of rotatable bonds is 9. The Kier molecular flexibility index (Phi) is 6.92. The van der Waals surface area contributed by atoms with Crippen LogP contribution in [0, 0.1) is 19.8 Å². The van der Waals surface area contributed by atoms with Gasteiger partial charge in [-0.3, -0.25) is 9.69 Å². The molecule has 4 rings (SSSR count). The Balaban J connectivity index is 1.23. The molecule has 0 spiro atoms. The van der Waals surface area contributed by atoms with Crippen molar-refractivity contribution in [2.45, 2.75) is 39.7 Å². The van der Waals surface area contributed by atoms with E-state index >= 15 is 0 Å². The highest BCUT2D eigenvalue weighted by Crippen LogP contribution is 2.30. The van der Waals surface area contributed by atoms with E-state index in [1.165, 1.54) is 25.1 Å². The summed E-state index contributed by atoms with van der Waals surface area (Å²) in [6.07, 6.45) is 3.28. The van der Waals surface area contributed by atoms with Gasteiger partial charge in [-0.1, -0.05) is 11.2 Å². The lowest BCUT2D eigenvalue weighted by Gasteiger charge is -2.36. The van der Waals surface area contributed by atoms with Crippen LogP contribution in [0.15, 0.2) is 28.8 Å². The number of carbonyl (C=O) groups is 1. The average Bonchev–Trinajstić information content (AvgIpc) is 3.53. The van der Waals surface area contributed by atoms with Crippen LogP contribution in [0.3, 0.4) is 0 Å². The Hall–Kier alpha value is -2.38. The van der Waals surface area contributed by atoms with Crippen molar-refractivity contribution in [2.24, 2.45) is 5.92 Å².